The molecule has 2 aromatic rings. The van der Waals surface area contributed by atoms with Crippen LogP contribution in [0.3, 0.4) is 0 Å². The van der Waals surface area contributed by atoms with E-state index in [4.69, 9.17) is 5.73 Å². The highest BCUT2D eigenvalue weighted by Crippen LogP contribution is 2.29. The van der Waals surface area contributed by atoms with Crippen LogP contribution >= 0.6 is 11.3 Å². The van der Waals surface area contributed by atoms with Crippen molar-refractivity contribution >= 4 is 16.5 Å². The average molecular weight is 245 g/mol. The molecule has 2 N–H and O–H groups in total. The van der Waals surface area contributed by atoms with Crippen LogP contribution in [0.25, 0.3) is 0 Å². The number of hydrogen-bond donors (Lipinski definition) is 1. The van der Waals surface area contributed by atoms with Crippen molar-refractivity contribution in [2.75, 3.05) is 11.4 Å². The lowest BCUT2D eigenvalue weighted by molar-refractivity contribution is 0.560. The topological polar surface area (TPSA) is 42.1 Å². The van der Waals surface area contributed by atoms with E-state index in [9.17, 15) is 0 Å². The third kappa shape index (κ3) is 1.94. The predicted molar refractivity (Wildman–Crippen MR) is 71.3 cm³/mol. The molecule has 0 amide bonds. The van der Waals surface area contributed by atoms with Gasteiger partial charge in [0, 0.05) is 30.7 Å². The molecule has 0 aliphatic carbocycles. The quantitative estimate of drug-likeness (QED) is 0.880. The van der Waals surface area contributed by atoms with Crippen LogP contribution in [0.5, 0.6) is 0 Å². The summed E-state index contributed by atoms with van der Waals surface area (Å²) in [4.78, 5) is 6.73. The van der Waals surface area contributed by atoms with Gasteiger partial charge < -0.3 is 10.6 Å². The van der Waals surface area contributed by atoms with Gasteiger partial charge in [-0.05, 0) is 17.5 Å². The van der Waals surface area contributed by atoms with Crippen molar-refractivity contribution in [3.8, 4) is 0 Å². The van der Waals surface area contributed by atoms with E-state index in [1.54, 1.807) is 11.3 Å². The predicted octanol–water partition coefficient (Wildman–Crippen LogP) is 2.03. The lowest BCUT2D eigenvalue weighted by Crippen LogP contribution is -2.45. The van der Waals surface area contributed by atoms with E-state index in [-0.39, 0.29) is 0 Å². The fourth-order valence-electron chi connectivity index (χ4n) is 2.38. The highest BCUT2D eigenvalue weighted by molar-refractivity contribution is 7.13. The molecular weight excluding hydrogens is 230 g/mol. The molecule has 3 rings (SSSR count). The first-order valence-corrected chi connectivity index (χ1v) is 6.69. The molecule has 1 aromatic carbocycles. The normalized spacial score (nSPS) is 19.1. The number of aromatic nitrogens is 1. The molecule has 2 heterocycles. The number of fused-ring (bicyclic) bond motifs is 1. The first-order valence-electron chi connectivity index (χ1n) is 5.81. The van der Waals surface area contributed by atoms with Gasteiger partial charge in [0.05, 0.1) is 0 Å². The minimum atomic E-state index is 0.371. The number of rotatable bonds is 2. The number of hydrogen-bond acceptors (Lipinski definition) is 4. The van der Waals surface area contributed by atoms with E-state index in [1.165, 1.54) is 11.1 Å². The highest BCUT2D eigenvalue weighted by Gasteiger charge is 2.26. The van der Waals surface area contributed by atoms with Crippen molar-refractivity contribution in [1.29, 1.82) is 0 Å². The molecule has 3 nitrogen and oxygen atoms in total. The standard InChI is InChI=1S/C13H15N3S/c14-8-12-7-10-3-1-2-4-11(10)9-16(12)13-15-5-6-17-13/h1-6,12H,7-9,14H2. The second-order valence-electron chi connectivity index (χ2n) is 4.30. The highest BCUT2D eigenvalue weighted by atomic mass is 32.1. The number of anilines is 1. The van der Waals surface area contributed by atoms with E-state index in [0.29, 0.717) is 12.6 Å². The van der Waals surface area contributed by atoms with Crippen LogP contribution in [-0.2, 0) is 13.0 Å². The Balaban J connectivity index is 1.96. The molecule has 88 valence electrons. The zero-order valence-corrected chi connectivity index (χ0v) is 10.4. The largest absolute Gasteiger partial charge is 0.339 e. The molecule has 17 heavy (non-hydrogen) atoms. The Hall–Kier alpha value is -1.39. The molecule has 1 aliphatic heterocycles. The molecule has 1 aromatic heterocycles. The second kappa shape index (κ2) is 4.47. The summed E-state index contributed by atoms with van der Waals surface area (Å²) in [6.07, 6.45) is 2.88. The summed E-state index contributed by atoms with van der Waals surface area (Å²) in [7, 11) is 0. The first kappa shape index (κ1) is 10.7. The van der Waals surface area contributed by atoms with Crippen LogP contribution in [0.1, 0.15) is 11.1 Å². The van der Waals surface area contributed by atoms with Crippen molar-refractivity contribution in [3.63, 3.8) is 0 Å². The third-order valence-electron chi connectivity index (χ3n) is 3.29. The third-order valence-corrected chi connectivity index (χ3v) is 4.10. The molecule has 0 fully saturated rings. The van der Waals surface area contributed by atoms with Crippen molar-refractivity contribution in [3.05, 3.63) is 47.0 Å². The summed E-state index contributed by atoms with van der Waals surface area (Å²) in [5.74, 6) is 0. The Labute approximate surface area is 105 Å². The first-order chi connectivity index (χ1) is 8.38. The molecule has 1 unspecified atom stereocenters. The number of thiazole rings is 1. The maximum atomic E-state index is 5.89. The van der Waals surface area contributed by atoms with Crippen LogP contribution in [-0.4, -0.2) is 17.6 Å². The number of benzene rings is 1. The second-order valence-corrected chi connectivity index (χ2v) is 5.18. The van der Waals surface area contributed by atoms with Gasteiger partial charge in [0.1, 0.15) is 0 Å². The molecule has 0 spiro atoms. The van der Waals surface area contributed by atoms with Crippen LogP contribution in [0.4, 0.5) is 5.13 Å². The summed E-state index contributed by atoms with van der Waals surface area (Å²) in [5.41, 5.74) is 8.71. The van der Waals surface area contributed by atoms with Gasteiger partial charge >= 0.3 is 0 Å². The molecule has 4 heteroatoms. The van der Waals surface area contributed by atoms with Crippen molar-refractivity contribution in [2.24, 2.45) is 5.73 Å². The summed E-state index contributed by atoms with van der Waals surface area (Å²) < 4.78 is 0. The summed E-state index contributed by atoms with van der Waals surface area (Å²) in [6, 6.07) is 8.98. The van der Waals surface area contributed by atoms with Crippen LogP contribution in [0.2, 0.25) is 0 Å². The van der Waals surface area contributed by atoms with E-state index in [0.717, 1.165) is 18.1 Å². The van der Waals surface area contributed by atoms with Gasteiger partial charge in [-0.3, -0.25) is 0 Å². The van der Waals surface area contributed by atoms with Gasteiger partial charge in [0.2, 0.25) is 0 Å². The summed E-state index contributed by atoms with van der Waals surface area (Å²) in [6.45, 7) is 1.60. The van der Waals surface area contributed by atoms with Gasteiger partial charge in [0.25, 0.3) is 0 Å². The number of nitrogens with zero attached hydrogens (tertiary/aromatic N) is 2. The van der Waals surface area contributed by atoms with Gasteiger partial charge in [-0.1, -0.05) is 24.3 Å². The van der Waals surface area contributed by atoms with Gasteiger partial charge in [-0.25, -0.2) is 4.98 Å². The molecule has 0 radical (unpaired) electrons. The molecule has 0 bridgehead atoms. The maximum absolute atomic E-state index is 5.89. The van der Waals surface area contributed by atoms with E-state index in [2.05, 4.69) is 34.1 Å². The Morgan fingerprint density at radius 3 is 2.88 bits per heavy atom. The van der Waals surface area contributed by atoms with E-state index in [1.807, 2.05) is 11.6 Å². The average Bonchev–Trinajstić information content (AvgIpc) is 2.91. The molecule has 1 aliphatic rings. The lowest BCUT2D eigenvalue weighted by Gasteiger charge is -2.36. The smallest absolute Gasteiger partial charge is 0.185 e. The minimum absolute atomic E-state index is 0.371. The van der Waals surface area contributed by atoms with E-state index < -0.39 is 0 Å². The fraction of sp³-hybridized carbons (Fsp3) is 0.308. The van der Waals surface area contributed by atoms with Gasteiger partial charge in [-0.15, -0.1) is 11.3 Å². The summed E-state index contributed by atoms with van der Waals surface area (Å²) in [5, 5.41) is 3.10. The lowest BCUT2D eigenvalue weighted by atomic mass is 9.94. The Kier molecular flexibility index (Phi) is 2.82. The molecule has 0 saturated heterocycles. The molecule has 0 saturated carbocycles. The van der Waals surface area contributed by atoms with Crippen LogP contribution < -0.4 is 10.6 Å². The maximum Gasteiger partial charge on any atom is 0.185 e. The SMILES string of the molecule is NCC1Cc2ccccc2CN1c1nccs1. The molecular formula is C13H15N3S. The van der Waals surface area contributed by atoms with Crippen LogP contribution in [0.15, 0.2) is 35.8 Å². The Morgan fingerprint density at radius 1 is 1.35 bits per heavy atom. The van der Waals surface area contributed by atoms with Gasteiger partial charge in [0.15, 0.2) is 5.13 Å². The number of nitrogens with two attached hydrogens (primary N) is 1. The van der Waals surface area contributed by atoms with Crippen molar-refractivity contribution in [2.45, 2.75) is 19.0 Å². The van der Waals surface area contributed by atoms with Gasteiger partial charge in [-0.2, -0.15) is 0 Å². The Bertz CT molecular complexity index is 495. The zero-order valence-electron chi connectivity index (χ0n) is 9.54. The van der Waals surface area contributed by atoms with E-state index >= 15 is 0 Å². The minimum Gasteiger partial charge on any atom is -0.339 e. The summed E-state index contributed by atoms with van der Waals surface area (Å²) >= 11 is 1.68. The van der Waals surface area contributed by atoms with Crippen molar-refractivity contribution in [1.82, 2.24) is 4.98 Å². The van der Waals surface area contributed by atoms with Crippen molar-refractivity contribution < 1.29 is 0 Å². The van der Waals surface area contributed by atoms with Crippen LogP contribution in [0, 0.1) is 0 Å². The fourth-order valence-corrected chi connectivity index (χ4v) is 3.09. The monoisotopic (exact) mass is 245 g/mol. The zero-order chi connectivity index (χ0) is 11.7. The molecule has 1 atom stereocenters. The Morgan fingerprint density at radius 2 is 2.18 bits per heavy atom.